The van der Waals surface area contributed by atoms with Crippen molar-refractivity contribution in [3.8, 4) is 0 Å². The molecule has 0 heteroatoms. The standard InChI is InChI=1S/C21H17/c1-4-10-16(11-5-1)19-20(17-12-6-2-7-13-17)21(19)18-14-8-3-9-15-18/h1-15,19-20H/q+1. The maximum absolute atomic E-state index is 2.25. The second-order valence-electron chi connectivity index (χ2n) is 5.60. The first-order chi connectivity index (χ1) is 10.4. The molecule has 2 unspecified atom stereocenters. The van der Waals surface area contributed by atoms with Crippen LogP contribution in [0.4, 0.5) is 0 Å². The van der Waals surface area contributed by atoms with E-state index in [1.165, 1.54) is 16.7 Å². The smallest absolute Gasteiger partial charge is 0.0622 e. The zero-order chi connectivity index (χ0) is 14.1. The Hall–Kier alpha value is -2.47. The third-order valence-electron chi connectivity index (χ3n) is 4.32. The molecule has 0 N–H and O–H groups in total. The summed E-state index contributed by atoms with van der Waals surface area (Å²) in [6, 6.07) is 32.5. The predicted octanol–water partition coefficient (Wildman–Crippen LogP) is 5.19. The van der Waals surface area contributed by atoms with Gasteiger partial charge in [0.15, 0.2) is 0 Å². The van der Waals surface area contributed by atoms with Gasteiger partial charge in [0.25, 0.3) is 0 Å². The van der Waals surface area contributed by atoms with Crippen LogP contribution in [0.2, 0.25) is 0 Å². The molecule has 1 aliphatic rings. The van der Waals surface area contributed by atoms with Gasteiger partial charge in [-0.3, -0.25) is 0 Å². The van der Waals surface area contributed by atoms with Crippen molar-refractivity contribution in [2.45, 2.75) is 11.8 Å². The van der Waals surface area contributed by atoms with E-state index < -0.39 is 0 Å². The molecule has 4 rings (SSSR count). The van der Waals surface area contributed by atoms with E-state index >= 15 is 0 Å². The van der Waals surface area contributed by atoms with Crippen LogP contribution in [0.25, 0.3) is 0 Å². The van der Waals surface area contributed by atoms with Crippen LogP contribution in [0.15, 0.2) is 91.0 Å². The Bertz CT molecular complexity index is 591. The van der Waals surface area contributed by atoms with Crippen molar-refractivity contribution in [1.82, 2.24) is 0 Å². The highest BCUT2D eigenvalue weighted by atomic mass is 14.5. The van der Waals surface area contributed by atoms with Crippen LogP contribution in [-0.2, 0) is 0 Å². The maximum atomic E-state index is 2.25. The second-order valence-corrected chi connectivity index (χ2v) is 5.60. The fourth-order valence-corrected chi connectivity index (χ4v) is 3.32. The van der Waals surface area contributed by atoms with Crippen molar-refractivity contribution < 1.29 is 0 Å². The SMILES string of the molecule is c1ccc([C+]2C(c3ccccc3)C2c2ccccc2)cc1. The predicted molar refractivity (Wildman–Crippen MR) is 87.2 cm³/mol. The van der Waals surface area contributed by atoms with Crippen molar-refractivity contribution in [2.75, 3.05) is 0 Å². The van der Waals surface area contributed by atoms with E-state index in [0.29, 0.717) is 11.8 Å². The molecule has 1 saturated carbocycles. The number of benzene rings is 3. The van der Waals surface area contributed by atoms with Gasteiger partial charge >= 0.3 is 0 Å². The van der Waals surface area contributed by atoms with Crippen molar-refractivity contribution in [2.24, 2.45) is 0 Å². The maximum Gasteiger partial charge on any atom is 0.134 e. The van der Waals surface area contributed by atoms with Crippen LogP contribution < -0.4 is 0 Å². The summed E-state index contributed by atoms with van der Waals surface area (Å²) in [6.45, 7) is 0. The number of rotatable bonds is 3. The Morgan fingerprint density at radius 3 is 1.29 bits per heavy atom. The number of hydrogen-bond donors (Lipinski definition) is 0. The molecule has 1 aliphatic carbocycles. The van der Waals surface area contributed by atoms with E-state index in [9.17, 15) is 0 Å². The molecule has 3 aromatic carbocycles. The lowest BCUT2D eigenvalue weighted by Crippen LogP contribution is -1.83. The molecule has 2 atom stereocenters. The molecule has 1 fully saturated rings. The molecule has 100 valence electrons. The van der Waals surface area contributed by atoms with Gasteiger partial charge in [-0.25, -0.2) is 0 Å². The van der Waals surface area contributed by atoms with E-state index in [1.54, 1.807) is 5.92 Å². The molecule has 0 aliphatic heterocycles. The summed E-state index contributed by atoms with van der Waals surface area (Å²) >= 11 is 0. The van der Waals surface area contributed by atoms with Gasteiger partial charge in [0.2, 0.25) is 0 Å². The van der Waals surface area contributed by atoms with Gasteiger partial charge < -0.3 is 0 Å². The highest BCUT2D eigenvalue weighted by Crippen LogP contribution is 2.65. The first kappa shape index (κ1) is 12.3. The third-order valence-corrected chi connectivity index (χ3v) is 4.32. The minimum absolute atomic E-state index is 0.524. The summed E-state index contributed by atoms with van der Waals surface area (Å²) in [5, 5.41) is 0. The second kappa shape index (κ2) is 5.14. The zero-order valence-corrected chi connectivity index (χ0v) is 11.8. The highest BCUT2D eigenvalue weighted by molar-refractivity contribution is 5.59. The largest absolute Gasteiger partial charge is 0.134 e. The summed E-state index contributed by atoms with van der Waals surface area (Å²) in [5.74, 6) is 2.60. The third kappa shape index (κ3) is 2.23. The van der Waals surface area contributed by atoms with Crippen molar-refractivity contribution in [1.29, 1.82) is 0 Å². The highest BCUT2D eigenvalue weighted by Gasteiger charge is 2.58. The Morgan fingerprint density at radius 2 is 0.857 bits per heavy atom. The summed E-state index contributed by atoms with van der Waals surface area (Å²) in [5.41, 5.74) is 4.22. The molecular formula is C21H17+. The number of hydrogen-bond acceptors (Lipinski definition) is 0. The topological polar surface area (TPSA) is 0 Å². The lowest BCUT2D eigenvalue weighted by Gasteiger charge is -1.97. The van der Waals surface area contributed by atoms with Crippen LogP contribution >= 0.6 is 0 Å². The van der Waals surface area contributed by atoms with Crippen molar-refractivity contribution in [3.63, 3.8) is 0 Å². The molecule has 3 aromatic rings. The molecule has 0 radical (unpaired) electrons. The molecule has 0 spiro atoms. The quantitative estimate of drug-likeness (QED) is 0.574. The van der Waals surface area contributed by atoms with Gasteiger partial charge in [0.05, 0.1) is 17.8 Å². The normalized spacial score (nSPS) is 20.3. The van der Waals surface area contributed by atoms with Crippen LogP contribution in [0.1, 0.15) is 28.5 Å². The van der Waals surface area contributed by atoms with Crippen LogP contribution in [0.3, 0.4) is 0 Å². The molecule has 21 heavy (non-hydrogen) atoms. The molecule has 0 nitrogen and oxygen atoms in total. The molecule has 0 aromatic heterocycles. The van der Waals surface area contributed by atoms with Crippen molar-refractivity contribution >= 4 is 0 Å². The Balaban J connectivity index is 1.74. The van der Waals surface area contributed by atoms with E-state index in [1.807, 2.05) is 0 Å². The van der Waals surface area contributed by atoms with Gasteiger partial charge in [-0.05, 0) is 29.3 Å². The van der Waals surface area contributed by atoms with E-state index in [4.69, 9.17) is 0 Å². The minimum Gasteiger partial charge on any atom is -0.0622 e. The fourth-order valence-electron chi connectivity index (χ4n) is 3.32. The molecule has 0 amide bonds. The first-order valence-corrected chi connectivity index (χ1v) is 7.47. The Kier molecular flexibility index (Phi) is 3.01. The monoisotopic (exact) mass is 269 g/mol. The molecule has 0 bridgehead atoms. The average Bonchev–Trinajstić information content (AvgIpc) is 3.33. The molecule has 0 saturated heterocycles. The lowest BCUT2D eigenvalue weighted by molar-refractivity contribution is 1.03. The zero-order valence-electron chi connectivity index (χ0n) is 11.8. The van der Waals surface area contributed by atoms with E-state index in [2.05, 4.69) is 91.0 Å². The van der Waals surface area contributed by atoms with Crippen molar-refractivity contribution in [3.05, 3.63) is 114 Å². The van der Waals surface area contributed by atoms with E-state index in [0.717, 1.165) is 0 Å². The fraction of sp³-hybridized carbons (Fsp3) is 0.0952. The first-order valence-electron chi connectivity index (χ1n) is 7.47. The minimum atomic E-state index is 0.524. The van der Waals surface area contributed by atoms with Gasteiger partial charge in [0.1, 0.15) is 5.56 Å². The average molecular weight is 269 g/mol. The van der Waals surface area contributed by atoms with Crippen LogP contribution in [0, 0.1) is 5.92 Å². The Morgan fingerprint density at radius 1 is 0.476 bits per heavy atom. The Labute approximate surface area is 126 Å². The molecular weight excluding hydrogens is 252 g/mol. The summed E-state index contributed by atoms with van der Waals surface area (Å²) < 4.78 is 0. The van der Waals surface area contributed by atoms with Gasteiger partial charge in [-0.2, -0.15) is 0 Å². The van der Waals surface area contributed by atoms with Gasteiger partial charge in [-0.15, -0.1) is 0 Å². The summed E-state index contributed by atoms with van der Waals surface area (Å²) in [6.07, 6.45) is 0. The lowest BCUT2D eigenvalue weighted by atomic mass is 10.0. The summed E-state index contributed by atoms with van der Waals surface area (Å²) in [4.78, 5) is 0. The van der Waals surface area contributed by atoms with Crippen LogP contribution in [-0.4, -0.2) is 0 Å². The molecule has 0 heterocycles. The van der Waals surface area contributed by atoms with Gasteiger partial charge in [0, 0.05) is 12.1 Å². The van der Waals surface area contributed by atoms with Crippen LogP contribution in [0.5, 0.6) is 0 Å². The van der Waals surface area contributed by atoms with Gasteiger partial charge in [-0.1, -0.05) is 60.7 Å². The van der Waals surface area contributed by atoms with E-state index in [-0.39, 0.29) is 0 Å². The summed E-state index contributed by atoms with van der Waals surface area (Å²) in [7, 11) is 0.